The van der Waals surface area contributed by atoms with Gasteiger partial charge >= 0.3 is 0 Å². The minimum atomic E-state index is 0.541. The van der Waals surface area contributed by atoms with Gasteiger partial charge in [0.05, 0.1) is 11.3 Å². The van der Waals surface area contributed by atoms with E-state index in [9.17, 15) is 5.26 Å². The van der Waals surface area contributed by atoms with Crippen LogP contribution in [0, 0.1) is 17.2 Å². The van der Waals surface area contributed by atoms with E-state index >= 15 is 0 Å². The van der Waals surface area contributed by atoms with E-state index in [1.807, 2.05) is 12.1 Å². The molecule has 0 aromatic heterocycles. The zero-order valence-corrected chi connectivity index (χ0v) is 12.4. The number of nitriles is 1. The molecule has 4 heteroatoms. The zero-order chi connectivity index (χ0) is 13.9. The standard InChI is InChI=1S/C16H20ClN3/c17-14-6-5-13(9-18)16(8-14)20(10-12-3-4-12)11-15-2-1-7-19-15/h5-6,8,12,15,19H,1-4,7,10-11H2. The summed E-state index contributed by atoms with van der Waals surface area (Å²) in [6, 6.07) is 8.42. The van der Waals surface area contributed by atoms with Crippen molar-refractivity contribution in [3.8, 4) is 6.07 Å². The molecule has 0 radical (unpaired) electrons. The van der Waals surface area contributed by atoms with E-state index in [-0.39, 0.29) is 0 Å². The molecule has 3 rings (SSSR count). The maximum absolute atomic E-state index is 9.33. The number of nitrogens with one attached hydrogen (secondary N) is 1. The molecule has 20 heavy (non-hydrogen) atoms. The van der Waals surface area contributed by atoms with Gasteiger partial charge in [-0.25, -0.2) is 0 Å². The predicted octanol–water partition coefficient (Wildman–Crippen LogP) is 3.18. The van der Waals surface area contributed by atoms with Crippen LogP contribution in [0.1, 0.15) is 31.2 Å². The third-order valence-electron chi connectivity index (χ3n) is 4.20. The number of rotatable bonds is 5. The van der Waals surface area contributed by atoms with Crippen LogP contribution in [-0.4, -0.2) is 25.7 Å². The van der Waals surface area contributed by atoms with Crippen LogP contribution in [0.2, 0.25) is 5.02 Å². The second kappa shape index (κ2) is 6.03. The highest BCUT2D eigenvalue weighted by Crippen LogP contribution is 2.33. The first-order valence-corrected chi connectivity index (χ1v) is 7.82. The summed E-state index contributed by atoms with van der Waals surface area (Å²) in [6.45, 7) is 3.14. The Bertz CT molecular complexity index is 513. The second-order valence-corrected chi connectivity index (χ2v) is 6.35. The Hall–Kier alpha value is -1.24. The monoisotopic (exact) mass is 289 g/mol. The Morgan fingerprint density at radius 1 is 1.30 bits per heavy atom. The van der Waals surface area contributed by atoms with Gasteiger partial charge in [0.25, 0.3) is 0 Å². The third-order valence-corrected chi connectivity index (χ3v) is 4.43. The largest absolute Gasteiger partial charge is 0.369 e. The molecule has 1 unspecified atom stereocenters. The number of hydrogen-bond donors (Lipinski definition) is 1. The van der Waals surface area contributed by atoms with Crippen LogP contribution < -0.4 is 10.2 Å². The molecule has 1 saturated carbocycles. The van der Waals surface area contributed by atoms with Gasteiger partial charge in [0.2, 0.25) is 0 Å². The molecule has 106 valence electrons. The first-order valence-electron chi connectivity index (χ1n) is 7.44. The van der Waals surface area contributed by atoms with Crippen LogP contribution >= 0.6 is 11.6 Å². The lowest BCUT2D eigenvalue weighted by Crippen LogP contribution is -2.39. The second-order valence-electron chi connectivity index (χ2n) is 5.91. The van der Waals surface area contributed by atoms with Crippen LogP contribution in [0.15, 0.2) is 18.2 Å². The van der Waals surface area contributed by atoms with Crippen LogP contribution in [0.5, 0.6) is 0 Å². The molecule has 1 saturated heterocycles. The lowest BCUT2D eigenvalue weighted by Gasteiger charge is -2.29. The van der Waals surface area contributed by atoms with Gasteiger partial charge in [0, 0.05) is 24.2 Å². The fourth-order valence-corrected chi connectivity index (χ4v) is 3.09. The highest BCUT2D eigenvalue weighted by atomic mass is 35.5. The first kappa shape index (κ1) is 13.7. The van der Waals surface area contributed by atoms with Crippen molar-refractivity contribution < 1.29 is 0 Å². The summed E-state index contributed by atoms with van der Waals surface area (Å²) in [4.78, 5) is 2.37. The predicted molar refractivity (Wildman–Crippen MR) is 82.1 cm³/mol. The molecule has 1 aliphatic heterocycles. The molecule has 1 heterocycles. The molecule has 1 aromatic rings. The normalized spacial score (nSPS) is 21.7. The summed E-state index contributed by atoms with van der Waals surface area (Å²) in [6.07, 6.45) is 5.11. The lowest BCUT2D eigenvalue weighted by molar-refractivity contribution is 0.570. The fourth-order valence-electron chi connectivity index (χ4n) is 2.92. The number of halogens is 1. The van der Waals surface area contributed by atoms with E-state index in [1.165, 1.54) is 25.7 Å². The molecule has 0 bridgehead atoms. The van der Waals surface area contributed by atoms with E-state index in [2.05, 4.69) is 16.3 Å². The van der Waals surface area contributed by atoms with Gasteiger partial charge in [-0.2, -0.15) is 5.26 Å². The van der Waals surface area contributed by atoms with Crippen molar-refractivity contribution in [2.75, 3.05) is 24.5 Å². The highest BCUT2D eigenvalue weighted by molar-refractivity contribution is 6.30. The summed E-state index contributed by atoms with van der Waals surface area (Å²) in [5.41, 5.74) is 1.73. The number of anilines is 1. The van der Waals surface area contributed by atoms with Crippen molar-refractivity contribution in [2.24, 2.45) is 5.92 Å². The maximum Gasteiger partial charge on any atom is 0.101 e. The van der Waals surface area contributed by atoms with Crippen molar-refractivity contribution in [1.82, 2.24) is 5.32 Å². The smallest absolute Gasteiger partial charge is 0.101 e. The maximum atomic E-state index is 9.33. The van der Waals surface area contributed by atoms with Gasteiger partial charge < -0.3 is 10.2 Å². The molecule has 2 aliphatic rings. The fraction of sp³-hybridized carbons (Fsp3) is 0.562. The Morgan fingerprint density at radius 3 is 2.80 bits per heavy atom. The van der Waals surface area contributed by atoms with Crippen molar-refractivity contribution >= 4 is 17.3 Å². The molecule has 1 aliphatic carbocycles. The van der Waals surface area contributed by atoms with Gasteiger partial charge in [-0.3, -0.25) is 0 Å². The Kier molecular flexibility index (Phi) is 4.14. The highest BCUT2D eigenvalue weighted by Gasteiger charge is 2.27. The third kappa shape index (κ3) is 3.26. The average Bonchev–Trinajstić information content (AvgIpc) is 3.12. The minimum Gasteiger partial charge on any atom is -0.369 e. The number of benzene rings is 1. The molecule has 1 aromatic carbocycles. The molecule has 1 atom stereocenters. The van der Waals surface area contributed by atoms with E-state index < -0.39 is 0 Å². The van der Waals surface area contributed by atoms with Gasteiger partial charge in [-0.05, 0) is 56.3 Å². The quantitative estimate of drug-likeness (QED) is 0.905. The van der Waals surface area contributed by atoms with Gasteiger partial charge in [-0.1, -0.05) is 11.6 Å². The summed E-state index contributed by atoms with van der Waals surface area (Å²) < 4.78 is 0. The Labute approximate surface area is 125 Å². The van der Waals surface area contributed by atoms with Crippen molar-refractivity contribution in [3.63, 3.8) is 0 Å². The summed E-state index contributed by atoms with van der Waals surface area (Å²) in [5.74, 6) is 0.793. The molecule has 1 N–H and O–H groups in total. The van der Waals surface area contributed by atoms with Gasteiger partial charge in [-0.15, -0.1) is 0 Å². The van der Waals surface area contributed by atoms with E-state index in [0.29, 0.717) is 11.1 Å². The van der Waals surface area contributed by atoms with Crippen LogP contribution in [0.25, 0.3) is 0 Å². The molecule has 0 amide bonds. The first-order chi connectivity index (χ1) is 9.76. The summed E-state index contributed by atoms with van der Waals surface area (Å²) >= 11 is 6.13. The van der Waals surface area contributed by atoms with Gasteiger partial charge in [0.1, 0.15) is 6.07 Å². The van der Waals surface area contributed by atoms with Gasteiger partial charge in [0.15, 0.2) is 0 Å². The average molecular weight is 290 g/mol. The number of hydrogen-bond acceptors (Lipinski definition) is 3. The SMILES string of the molecule is N#Cc1ccc(Cl)cc1N(CC1CC1)CC1CCCN1. The van der Waals surface area contributed by atoms with E-state index in [1.54, 1.807) is 6.07 Å². The Balaban J connectivity index is 1.83. The van der Waals surface area contributed by atoms with Crippen LogP contribution in [-0.2, 0) is 0 Å². The minimum absolute atomic E-state index is 0.541. The van der Waals surface area contributed by atoms with E-state index in [4.69, 9.17) is 11.6 Å². The van der Waals surface area contributed by atoms with Crippen LogP contribution in [0.3, 0.4) is 0 Å². The van der Waals surface area contributed by atoms with Crippen molar-refractivity contribution in [3.05, 3.63) is 28.8 Å². The lowest BCUT2D eigenvalue weighted by atomic mass is 10.1. The molecule has 2 fully saturated rings. The van der Waals surface area contributed by atoms with Crippen LogP contribution in [0.4, 0.5) is 5.69 Å². The summed E-state index contributed by atoms with van der Waals surface area (Å²) in [5, 5.41) is 13.6. The van der Waals surface area contributed by atoms with Crippen molar-refractivity contribution in [1.29, 1.82) is 5.26 Å². The number of nitrogens with zero attached hydrogens (tertiary/aromatic N) is 2. The van der Waals surface area contributed by atoms with E-state index in [0.717, 1.165) is 36.8 Å². The summed E-state index contributed by atoms with van der Waals surface area (Å²) in [7, 11) is 0. The van der Waals surface area contributed by atoms with Crippen molar-refractivity contribution in [2.45, 2.75) is 31.7 Å². The molecular weight excluding hydrogens is 270 g/mol. The topological polar surface area (TPSA) is 39.1 Å². The Morgan fingerprint density at radius 2 is 2.15 bits per heavy atom. The zero-order valence-electron chi connectivity index (χ0n) is 11.6. The molecular formula is C16H20ClN3. The molecule has 0 spiro atoms. The molecule has 3 nitrogen and oxygen atoms in total.